The van der Waals surface area contributed by atoms with Crippen molar-refractivity contribution in [2.24, 2.45) is 0 Å². The molecular formula is C21H29N5O. The second-order valence-corrected chi connectivity index (χ2v) is 7.18. The van der Waals surface area contributed by atoms with Crippen LogP contribution in [0.15, 0.2) is 48.7 Å². The van der Waals surface area contributed by atoms with E-state index in [1.807, 2.05) is 32.3 Å². The molecular weight excluding hydrogens is 338 g/mol. The summed E-state index contributed by atoms with van der Waals surface area (Å²) < 4.78 is 0. The van der Waals surface area contributed by atoms with Gasteiger partial charge in [-0.25, -0.2) is 4.98 Å². The van der Waals surface area contributed by atoms with Crippen LogP contribution in [0.25, 0.3) is 0 Å². The molecule has 6 nitrogen and oxygen atoms in total. The standard InChI is InChI=1S/C21H29N5O/c1-25(2)13-6-11-23-21(27)18-9-10-20(24-15-18)26-14-12-22-19(16-26)17-7-4-3-5-8-17/h3-5,7-10,15,19,22H,6,11-14,16H2,1-2H3,(H,23,27)/t19-/m0/s1. The average Bonchev–Trinajstić information content (AvgIpc) is 2.72. The van der Waals surface area contributed by atoms with E-state index in [4.69, 9.17) is 0 Å². The van der Waals surface area contributed by atoms with Gasteiger partial charge in [0.2, 0.25) is 0 Å². The summed E-state index contributed by atoms with van der Waals surface area (Å²) in [6.07, 6.45) is 2.61. The molecule has 2 aromatic rings. The van der Waals surface area contributed by atoms with E-state index >= 15 is 0 Å². The maximum absolute atomic E-state index is 12.2. The van der Waals surface area contributed by atoms with Gasteiger partial charge in [-0.2, -0.15) is 0 Å². The maximum atomic E-state index is 12.2. The van der Waals surface area contributed by atoms with Crippen molar-refractivity contribution >= 4 is 11.7 Å². The highest BCUT2D eigenvalue weighted by Gasteiger charge is 2.21. The second kappa shape index (κ2) is 9.48. The number of nitrogens with zero attached hydrogens (tertiary/aromatic N) is 3. The molecule has 0 bridgehead atoms. The van der Waals surface area contributed by atoms with E-state index in [0.29, 0.717) is 18.2 Å². The van der Waals surface area contributed by atoms with Gasteiger partial charge in [-0.05, 0) is 44.8 Å². The van der Waals surface area contributed by atoms with Gasteiger partial charge in [0.25, 0.3) is 5.91 Å². The number of carbonyl (C=O) groups excluding carboxylic acids is 1. The van der Waals surface area contributed by atoms with Crippen LogP contribution in [0.2, 0.25) is 0 Å². The molecule has 27 heavy (non-hydrogen) atoms. The Hall–Kier alpha value is -2.44. The molecule has 0 aliphatic carbocycles. The minimum absolute atomic E-state index is 0.0599. The fourth-order valence-corrected chi connectivity index (χ4v) is 3.27. The van der Waals surface area contributed by atoms with Gasteiger partial charge < -0.3 is 20.4 Å². The number of hydrogen-bond acceptors (Lipinski definition) is 5. The zero-order chi connectivity index (χ0) is 19.1. The fourth-order valence-electron chi connectivity index (χ4n) is 3.27. The number of pyridine rings is 1. The van der Waals surface area contributed by atoms with Crippen molar-refractivity contribution in [1.29, 1.82) is 0 Å². The van der Waals surface area contributed by atoms with Crippen LogP contribution >= 0.6 is 0 Å². The average molecular weight is 367 g/mol. The summed E-state index contributed by atoms with van der Waals surface area (Å²) in [4.78, 5) is 21.1. The highest BCUT2D eigenvalue weighted by molar-refractivity contribution is 5.94. The molecule has 1 aromatic heterocycles. The molecule has 2 heterocycles. The molecule has 1 amide bonds. The fraction of sp³-hybridized carbons (Fsp3) is 0.429. The van der Waals surface area contributed by atoms with Gasteiger partial charge in [0, 0.05) is 38.4 Å². The van der Waals surface area contributed by atoms with Gasteiger partial charge in [0.15, 0.2) is 0 Å². The molecule has 0 radical (unpaired) electrons. The predicted molar refractivity (Wildman–Crippen MR) is 109 cm³/mol. The number of carbonyl (C=O) groups is 1. The summed E-state index contributed by atoms with van der Waals surface area (Å²) in [5, 5.41) is 6.52. The summed E-state index contributed by atoms with van der Waals surface area (Å²) in [6, 6.07) is 14.6. The maximum Gasteiger partial charge on any atom is 0.252 e. The lowest BCUT2D eigenvalue weighted by Gasteiger charge is -2.34. The van der Waals surface area contributed by atoms with E-state index in [2.05, 4.69) is 49.7 Å². The highest BCUT2D eigenvalue weighted by Crippen LogP contribution is 2.21. The van der Waals surface area contributed by atoms with E-state index in [-0.39, 0.29) is 5.91 Å². The smallest absolute Gasteiger partial charge is 0.252 e. The van der Waals surface area contributed by atoms with Crippen LogP contribution in [0, 0.1) is 0 Å². The number of amides is 1. The molecule has 1 fully saturated rings. The zero-order valence-electron chi connectivity index (χ0n) is 16.2. The molecule has 1 atom stereocenters. The molecule has 0 saturated carbocycles. The first-order chi connectivity index (χ1) is 13.1. The Bertz CT molecular complexity index is 717. The molecule has 1 saturated heterocycles. The van der Waals surface area contributed by atoms with Gasteiger partial charge in [0.05, 0.1) is 5.56 Å². The monoisotopic (exact) mass is 367 g/mol. The molecule has 2 N–H and O–H groups in total. The molecule has 0 spiro atoms. The summed E-state index contributed by atoms with van der Waals surface area (Å²) >= 11 is 0. The van der Waals surface area contributed by atoms with E-state index in [0.717, 1.165) is 38.4 Å². The van der Waals surface area contributed by atoms with E-state index in [9.17, 15) is 4.79 Å². The van der Waals surface area contributed by atoms with Gasteiger partial charge in [0.1, 0.15) is 5.82 Å². The minimum atomic E-state index is -0.0599. The minimum Gasteiger partial charge on any atom is -0.353 e. The number of anilines is 1. The van der Waals surface area contributed by atoms with Crippen molar-refractivity contribution in [2.75, 3.05) is 51.7 Å². The Balaban J connectivity index is 1.56. The van der Waals surface area contributed by atoms with Crippen LogP contribution < -0.4 is 15.5 Å². The molecule has 1 aromatic carbocycles. The first-order valence-electron chi connectivity index (χ1n) is 9.56. The van der Waals surface area contributed by atoms with Crippen LogP contribution in [0.5, 0.6) is 0 Å². The molecule has 0 unspecified atom stereocenters. The lowest BCUT2D eigenvalue weighted by atomic mass is 10.0. The predicted octanol–water partition coefficient (Wildman–Crippen LogP) is 1.91. The number of rotatable bonds is 7. The van der Waals surface area contributed by atoms with Gasteiger partial charge in [-0.3, -0.25) is 4.79 Å². The van der Waals surface area contributed by atoms with Gasteiger partial charge in [-0.1, -0.05) is 30.3 Å². The molecule has 1 aliphatic rings. The molecule has 144 valence electrons. The Labute approximate surface area is 161 Å². The topological polar surface area (TPSA) is 60.5 Å². The van der Waals surface area contributed by atoms with Gasteiger partial charge >= 0.3 is 0 Å². The summed E-state index contributed by atoms with van der Waals surface area (Å²) in [7, 11) is 4.06. The van der Waals surface area contributed by atoms with Crippen molar-refractivity contribution < 1.29 is 4.79 Å². The molecule has 6 heteroatoms. The Morgan fingerprint density at radius 3 is 2.78 bits per heavy atom. The second-order valence-electron chi connectivity index (χ2n) is 7.18. The third-order valence-electron chi connectivity index (χ3n) is 4.78. The van der Waals surface area contributed by atoms with Crippen LogP contribution in [0.4, 0.5) is 5.82 Å². The Morgan fingerprint density at radius 1 is 1.26 bits per heavy atom. The van der Waals surface area contributed by atoms with Crippen LogP contribution in [-0.2, 0) is 0 Å². The SMILES string of the molecule is CN(C)CCCNC(=O)c1ccc(N2CCN[C@H](c3ccccc3)C2)nc1. The normalized spacial score (nSPS) is 17.1. The Kier molecular flexibility index (Phi) is 6.79. The summed E-state index contributed by atoms with van der Waals surface area (Å²) in [5.74, 6) is 0.858. The number of benzene rings is 1. The first-order valence-corrected chi connectivity index (χ1v) is 9.56. The third kappa shape index (κ3) is 5.52. The number of nitrogens with one attached hydrogen (secondary N) is 2. The number of hydrogen-bond donors (Lipinski definition) is 2. The first kappa shape index (κ1) is 19.3. The zero-order valence-corrected chi connectivity index (χ0v) is 16.2. The van der Waals surface area contributed by atoms with Crippen molar-refractivity contribution in [3.63, 3.8) is 0 Å². The summed E-state index contributed by atoms with van der Waals surface area (Å²) in [5.41, 5.74) is 1.90. The van der Waals surface area contributed by atoms with Crippen LogP contribution in [-0.4, -0.2) is 62.6 Å². The number of aromatic nitrogens is 1. The Morgan fingerprint density at radius 2 is 2.07 bits per heavy atom. The van der Waals surface area contributed by atoms with Crippen LogP contribution in [0.3, 0.4) is 0 Å². The van der Waals surface area contributed by atoms with Crippen molar-refractivity contribution in [1.82, 2.24) is 20.5 Å². The number of piperazine rings is 1. The quantitative estimate of drug-likeness (QED) is 0.732. The lowest BCUT2D eigenvalue weighted by molar-refractivity contribution is 0.0952. The summed E-state index contributed by atoms with van der Waals surface area (Å²) in [6.45, 7) is 4.33. The van der Waals surface area contributed by atoms with E-state index in [1.54, 1.807) is 6.20 Å². The van der Waals surface area contributed by atoms with Crippen LogP contribution in [0.1, 0.15) is 28.4 Å². The lowest BCUT2D eigenvalue weighted by Crippen LogP contribution is -2.46. The van der Waals surface area contributed by atoms with Crippen molar-refractivity contribution in [3.8, 4) is 0 Å². The van der Waals surface area contributed by atoms with Crippen molar-refractivity contribution in [2.45, 2.75) is 12.5 Å². The highest BCUT2D eigenvalue weighted by atomic mass is 16.1. The van der Waals surface area contributed by atoms with E-state index in [1.165, 1.54) is 5.56 Å². The molecule has 3 rings (SSSR count). The van der Waals surface area contributed by atoms with Gasteiger partial charge in [-0.15, -0.1) is 0 Å². The van der Waals surface area contributed by atoms with E-state index < -0.39 is 0 Å². The third-order valence-corrected chi connectivity index (χ3v) is 4.78. The largest absolute Gasteiger partial charge is 0.353 e. The van der Waals surface area contributed by atoms with Crippen molar-refractivity contribution in [3.05, 3.63) is 59.8 Å². The molecule has 1 aliphatic heterocycles.